The zero-order chi connectivity index (χ0) is 98.7. The van der Waals surface area contributed by atoms with E-state index in [0.717, 1.165) is 74.9 Å². The molecular weight excluding hydrogens is 1770 g/mol. The molecule has 131 heavy (non-hydrogen) atoms. The highest BCUT2D eigenvalue weighted by Gasteiger charge is 2.47. The number of para-hydroxylation sites is 4. The first kappa shape index (κ1) is 114. The Hall–Kier alpha value is -4.19. The molecule has 0 aliphatic carbocycles. The van der Waals surface area contributed by atoms with Crippen molar-refractivity contribution < 1.29 is 102 Å². The maximum atomic E-state index is 15.6. The molecule has 0 saturated heterocycles. The van der Waals surface area contributed by atoms with E-state index in [-0.39, 0.29) is 37.7 Å². The molecule has 0 saturated carbocycles. The molecule has 4 aromatic rings. The Bertz CT molecular complexity index is 4480. The number of fused-ring (bicyclic) bond motifs is 4. The minimum Gasteiger partial charge on any atom is -0.462 e. The Morgan fingerprint density at radius 1 is 0.389 bits per heavy atom. The van der Waals surface area contributed by atoms with Crippen LogP contribution in [0.15, 0.2) is 72.8 Å². The van der Waals surface area contributed by atoms with Gasteiger partial charge in [0.05, 0.1) is 77.8 Å². The molecule has 4 aliphatic heterocycles. The number of nitrogens with zero attached hydrogens (tertiary/aromatic N) is 4. The Morgan fingerprint density at radius 2 is 0.641 bits per heavy atom. The van der Waals surface area contributed by atoms with E-state index in [1.807, 2.05) is 294 Å². The van der Waals surface area contributed by atoms with E-state index in [2.05, 4.69) is 44.6 Å². The molecule has 4 heterocycles. The summed E-state index contributed by atoms with van der Waals surface area (Å²) < 4.78 is 169. The van der Waals surface area contributed by atoms with Crippen LogP contribution in [0.2, 0.25) is 25.7 Å². The topological polar surface area (TPSA) is 293 Å². The molecule has 2 atom stereocenters. The van der Waals surface area contributed by atoms with Crippen LogP contribution in [0.3, 0.4) is 0 Å². The van der Waals surface area contributed by atoms with Gasteiger partial charge in [0.2, 0.25) is 23.1 Å². The smallest absolute Gasteiger partial charge is 0.407 e. The molecule has 0 bridgehead atoms. The van der Waals surface area contributed by atoms with Gasteiger partial charge in [0, 0.05) is 166 Å². The SMILES string of the molecule is CC(C)(C)OP(=O)(CN(Cc1cccc2c1OC(C)(C)OC2)C[C@H](CCCCN)N(Cc1cccc2c1OC(C)(C)OC2)CP(=O)(OC(C)(C)C)OC(C)(C)C)OC(C)(C)C.CC(C)(C)OP(=O)(CN(Cc1cccc2c1OC(C)(C)OC2)C[C@H](CCCCNC(=O)OCC[Si](C)(C)C)N(Cc1cccc2c1OC(C)(C)OC2)CP(=O)(OC(C)(C)C)OC(C)(C)C)OC(C)(C)C. The summed E-state index contributed by atoms with van der Waals surface area (Å²) >= 11 is 0. The summed E-state index contributed by atoms with van der Waals surface area (Å²) in [5.74, 6) is -0.546. The lowest BCUT2D eigenvalue weighted by atomic mass is 10.0. The van der Waals surface area contributed by atoms with Gasteiger partial charge in [-0.25, -0.2) is 4.79 Å². The summed E-state index contributed by atoms with van der Waals surface area (Å²) in [6.45, 7) is 71.7. The van der Waals surface area contributed by atoms with Crippen LogP contribution in [0.5, 0.6) is 23.0 Å². The fourth-order valence-corrected chi connectivity index (χ4v) is 26.6. The van der Waals surface area contributed by atoms with Crippen molar-refractivity contribution in [3.63, 3.8) is 0 Å². The van der Waals surface area contributed by atoms with Crippen molar-refractivity contribution in [1.29, 1.82) is 0 Å². The predicted molar refractivity (Wildman–Crippen MR) is 524 cm³/mol. The number of carbonyl (C=O) groups is 1. The average molecular weight is 1940 g/mol. The number of unbranched alkanes of at least 4 members (excludes halogenated alkanes) is 2. The summed E-state index contributed by atoms with van der Waals surface area (Å²) in [6.07, 6.45) is 3.41. The highest BCUT2D eigenvalue weighted by Crippen LogP contribution is 2.60. The van der Waals surface area contributed by atoms with Gasteiger partial charge in [-0.2, -0.15) is 0 Å². The largest absolute Gasteiger partial charge is 0.462 e. The van der Waals surface area contributed by atoms with Crippen LogP contribution in [-0.4, -0.2) is 172 Å². The number of nitrogens with one attached hydrogen (secondary N) is 1. The van der Waals surface area contributed by atoms with Crippen LogP contribution in [0.4, 0.5) is 4.79 Å². The second-order valence-electron chi connectivity index (χ2n) is 46.4. The first-order chi connectivity index (χ1) is 59.6. The zero-order valence-corrected chi connectivity index (χ0v) is 91.3. The molecule has 8 rings (SSSR count). The molecule has 1 amide bonds. The maximum absolute atomic E-state index is 15.6. The van der Waals surface area contributed by atoms with Gasteiger partial charge in [0.25, 0.3) is 0 Å². The molecule has 0 fully saturated rings. The summed E-state index contributed by atoms with van der Waals surface area (Å²) in [7, 11) is -16.9. The van der Waals surface area contributed by atoms with Crippen LogP contribution < -0.4 is 30.0 Å². The number of amides is 1. The third-order valence-electron chi connectivity index (χ3n) is 20.0. The molecule has 748 valence electrons. The van der Waals surface area contributed by atoms with Crippen LogP contribution in [0.1, 0.15) is 305 Å². The van der Waals surface area contributed by atoms with Crippen molar-refractivity contribution in [3.05, 3.63) is 117 Å². The van der Waals surface area contributed by atoms with Gasteiger partial charge in [0.1, 0.15) is 48.1 Å². The van der Waals surface area contributed by atoms with Crippen molar-refractivity contribution in [3.8, 4) is 23.0 Å². The van der Waals surface area contributed by atoms with Gasteiger partial charge in [0.15, 0.2) is 0 Å². The number of hydrogen-bond acceptors (Lipinski definition) is 27. The minimum atomic E-state index is -3.95. The zero-order valence-electron chi connectivity index (χ0n) is 86.7. The number of hydrogen-bond donors (Lipinski definition) is 2. The maximum Gasteiger partial charge on any atom is 0.407 e. The first-order valence-electron chi connectivity index (χ1n) is 46.9. The monoisotopic (exact) mass is 1940 g/mol. The Balaban J connectivity index is 0.000000362. The number of nitrogens with two attached hydrogens (primary N) is 1. The van der Waals surface area contributed by atoms with E-state index < -0.39 is 119 Å². The Labute approximate surface area is 789 Å². The molecule has 3 N–H and O–H groups in total. The number of rotatable bonds is 42. The first-order valence-corrected chi connectivity index (χ1v) is 57.5. The number of ether oxygens (including phenoxy) is 9. The van der Waals surface area contributed by atoms with Crippen molar-refractivity contribution >= 4 is 44.6 Å². The van der Waals surface area contributed by atoms with Gasteiger partial charge >= 0.3 is 36.5 Å². The molecule has 4 aliphatic rings. The van der Waals surface area contributed by atoms with E-state index in [9.17, 15) is 4.79 Å². The van der Waals surface area contributed by atoms with Gasteiger partial charge < -0.3 is 89.9 Å². The molecule has 0 spiro atoms. The summed E-state index contributed by atoms with van der Waals surface area (Å²) in [4.78, 5) is 21.4. The number of benzene rings is 4. The summed E-state index contributed by atoms with van der Waals surface area (Å²) in [6, 6.07) is 24.3. The Kier molecular flexibility index (Phi) is 39.0. The highest BCUT2D eigenvalue weighted by atomic mass is 31.2. The van der Waals surface area contributed by atoms with E-state index in [1.54, 1.807) is 0 Å². The normalized spacial score (nSPS) is 17.4. The van der Waals surface area contributed by atoms with Gasteiger partial charge in [-0.05, 0) is 204 Å². The highest BCUT2D eigenvalue weighted by molar-refractivity contribution is 7.54. The summed E-state index contributed by atoms with van der Waals surface area (Å²) in [5, 5.41) is 2.95. The second kappa shape index (κ2) is 44.9. The van der Waals surface area contributed by atoms with E-state index >= 15 is 18.3 Å². The van der Waals surface area contributed by atoms with Gasteiger partial charge in [-0.15, -0.1) is 0 Å². The lowest BCUT2D eigenvalue weighted by Gasteiger charge is -2.41. The summed E-state index contributed by atoms with van der Waals surface area (Å²) in [5.41, 5.74) is 6.93. The van der Waals surface area contributed by atoms with E-state index in [1.165, 1.54) is 0 Å². The number of carbonyl (C=O) groups excluding carboxylic acids is 1. The van der Waals surface area contributed by atoms with Gasteiger partial charge in [-0.1, -0.05) is 105 Å². The second-order valence-corrected chi connectivity index (χ2v) is 59.5. The minimum absolute atomic E-state index is 0.0314. The molecule has 4 aromatic carbocycles. The number of alkyl carbamates (subject to hydrolysis) is 1. The molecule has 0 radical (unpaired) electrons. The lowest BCUT2D eigenvalue weighted by Crippen LogP contribution is -2.46. The van der Waals surface area contributed by atoms with Crippen LogP contribution in [0, 0.1) is 0 Å². The molecule has 33 heteroatoms. The lowest BCUT2D eigenvalue weighted by molar-refractivity contribution is -0.181. The van der Waals surface area contributed by atoms with Crippen LogP contribution in [0.25, 0.3) is 0 Å². The van der Waals surface area contributed by atoms with Crippen molar-refractivity contribution in [2.75, 3.05) is 57.9 Å². The molecular formula is C98H170N6O22P4Si. The predicted octanol–water partition coefficient (Wildman–Crippen LogP) is 24.8. The van der Waals surface area contributed by atoms with E-state index in [0.29, 0.717) is 116 Å². The fraction of sp³-hybridized carbons (Fsp3) is 0.745. The average Bonchev–Trinajstić information content (AvgIpc) is 0.773. The van der Waals surface area contributed by atoms with Crippen molar-refractivity contribution in [2.45, 2.75) is 418 Å². The third-order valence-corrected chi connectivity index (χ3v) is 31.2. The Morgan fingerprint density at radius 3 is 0.893 bits per heavy atom. The van der Waals surface area contributed by atoms with Crippen LogP contribution in [-0.2, 0) is 131 Å². The molecule has 0 aromatic heterocycles. The van der Waals surface area contributed by atoms with Gasteiger partial charge in [-0.3, -0.25) is 37.9 Å². The van der Waals surface area contributed by atoms with E-state index in [4.69, 9.17) is 84.6 Å². The fourth-order valence-electron chi connectivity index (χ4n) is 15.7. The van der Waals surface area contributed by atoms with Crippen molar-refractivity contribution in [2.24, 2.45) is 5.73 Å². The molecule has 0 unspecified atom stereocenters. The standard InChI is InChI=1S/C52H91N3O12P2Si.C46H79N3O10P2/c1-47(2,3)64-68(57,65-48(4,5)6)37-54(32-39-24-22-26-41-35-60-51(13,14)62-44(39)41)34-43(28-20-21-29-53-46(56)59-30-31-70(17,18)19)55(38-69(58,66-49(7,8)9)67-50(10,11)12)33-40-25-23-27-42-36-61-52(15,16)63-45(40)42;1-41(2,3)56-60(50,57-42(4,5)6)32-48(27-34-21-19-23-36-30-52-45(13,14)54-39(34)36)29-38(25-17-18-26-47)49(33-61(51,58-43(7,8)9)59-44(10,11)12)28-35-22-20-24-37-31-53-46(15,16)55-40(35)37/h22-27,43H,20-21,28-38H2,1-19H3,(H,53,56);19-24,38H,17-18,25-33,47H2,1-16H3/t43-;38-/m00/s1. The quantitative estimate of drug-likeness (QED) is 0.0237. The van der Waals surface area contributed by atoms with Crippen molar-refractivity contribution in [1.82, 2.24) is 24.9 Å². The third kappa shape index (κ3) is 41.4. The molecule has 28 nitrogen and oxygen atoms in total. The van der Waals surface area contributed by atoms with Crippen LogP contribution >= 0.6 is 30.4 Å².